The van der Waals surface area contributed by atoms with E-state index in [0.29, 0.717) is 17.1 Å². The van der Waals surface area contributed by atoms with Crippen molar-refractivity contribution in [2.24, 2.45) is 5.92 Å². The molecule has 0 bridgehead atoms. The molecule has 0 atom stereocenters. The third-order valence-electron chi connectivity index (χ3n) is 3.44. The number of hydrogen-bond acceptors (Lipinski definition) is 3. The maximum Gasteiger partial charge on any atom is 0.327 e. The highest BCUT2D eigenvalue weighted by atomic mass is 16.2. The van der Waals surface area contributed by atoms with E-state index in [9.17, 15) is 9.59 Å². The molecule has 0 aliphatic heterocycles. The van der Waals surface area contributed by atoms with Crippen LogP contribution in [0.15, 0.2) is 15.9 Å². The topological polar surface area (TPSA) is 83.5 Å². The fourth-order valence-electron chi connectivity index (χ4n) is 2.17. The molecule has 2 aromatic rings. The summed E-state index contributed by atoms with van der Waals surface area (Å²) in [6.45, 7) is 5.11. The van der Waals surface area contributed by atoms with Crippen molar-refractivity contribution in [3.8, 4) is 0 Å². The van der Waals surface area contributed by atoms with E-state index in [-0.39, 0.29) is 0 Å². The second-order valence-electron chi connectivity index (χ2n) is 4.51. The van der Waals surface area contributed by atoms with Gasteiger partial charge in [-0.2, -0.15) is 0 Å². The van der Waals surface area contributed by atoms with Crippen molar-refractivity contribution in [3.05, 3.63) is 27.2 Å². The van der Waals surface area contributed by atoms with Crippen molar-refractivity contribution in [3.63, 3.8) is 0 Å². The first-order valence-electron chi connectivity index (χ1n) is 6.33. The van der Waals surface area contributed by atoms with Gasteiger partial charge in [0.05, 0.1) is 6.33 Å². The lowest BCUT2D eigenvalue weighted by Gasteiger charge is -2.12. The first-order valence-corrected chi connectivity index (χ1v) is 6.33. The highest BCUT2D eigenvalue weighted by molar-refractivity contribution is 5.68. The van der Waals surface area contributed by atoms with Gasteiger partial charge in [0, 0.05) is 6.54 Å². The van der Waals surface area contributed by atoms with Crippen molar-refractivity contribution in [1.82, 2.24) is 19.5 Å². The molecule has 0 fully saturated rings. The molecule has 2 rings (SSSR count). The molecule has 0 aliphatic rings. The summed E-state index contributed by atoms with van der Waals surface area (Å²) < 4.78 is 1.84. The SMILES string of the molecule is CCC(CC)CCn1cnc2c(=O)[nH]c(=O)[nH]c21. The Hall–Kier alpha value is -1.85. The van der Waals surface area contributed by atoms with E-state index in [2.05, 4.69) is 28.8 Å². The number of aryl methyl sites for hydroxylation is 1. The van der Waals surface area contributed by atoms with Gasteiger partial charge in [0.25, 0.3) is 5.56 Å². The number of aromatic nitrogens is 4. The van der Waals surface area contributed by atoms with Gasteiger partial charge in [0.15, 0.2) is 5.52 Å². The molecule has 0 unspecified atom stereocenters. The van der Waals surface area contributed by atoms with Gasteiger partial charge in [-0.1, -0.05) is 26.7 Å². The second-order valence-corrected chi connectivity index (χ2v) is 4.51. The van der Waals surface area contributed by atoms with Crippen LogP contribution in [0.3, 0.4) is 0 Å². The molecule has 0 spiro atoms. The van der Waals surface area contributed by atoms with Crippen LogP contribution in [0.4, 0.5) is 0 Å². The molecule has 6 nitrogen and oxygen atoms in total. The van der Waals surface area contributed by atoms with Crippen LogP contribution < -0.4 is 11.2 Å². The van der Waals surface area contributed by atoms with Gasteiger partial charge < -0.3 is 4.57 Å². The van der Waals surface area contributed by atoms with Gasteiger partial charge in [-0.15, -0.1) is 0 Å². The summed E-state index contributed by atoms with van der Waals surface area (Å²) in [6.07, 6.45) is 4.91. The number of rotatable bonds is 5. The first-order chi connectivity index (χ1) is 8.65. The quantitative estimate of drug-likeness (QED) is 0.837. The van der Waals surface area contributed by atoms with E-state index in [1.54, 1.807) is 6.33 Å². The molecule has 2 aromatic heterocycles. The number of imidazole rings is 1. The number of nitrogens with zero attached hydrogens (tertiary/aromatic N) is 2. The molecule has 0 amide bonds. The fraction of sp³-hybridized carbons (Fsp3) is 0.583. The Bertz CT molecular complexity index is 633. The third-order valence-corrected chi connectivity index (χ3v) is 3.44. The van der Waals surface area contributed by atoms with Crippen molar-refractivity contribution < 1.29 is 0 Å². The van der Waals surface area contributed by atoms with Crippen molar-refractivity contribution in [1.29, 1.82) is 0 Å². The minimum Gasteiger partial charge on any atom is -0.317 e. The van der Waals surface area contributed by atoms with Crippen LogP contribution in [0, 0.1) is 5.92 Å². The van der Waals surface area contributed by atoms with Crippen LogP contribution in [0.25, 0.3) is 11.2 Å². The lowest BCUT2D eigenvalue weighted by molar-refractivity contribution is 0.424. The Morgan fingerprint density at radius 3 is 2.67 bits per heavy atom. The third kappa shape index (κ3) is 2.37. The Morgan fingerprint density at radius 2 is 2.00 bits per heavy atom. The van der Waals surface area contributed by atoms with Crippen molar-refractivity contribution in [2.75, 3.05) is 0 Å². The van der Waals surface area contributed by atoms with E-state index in [4.69, 9.17) is 0 Å². The van der Waals surface area contributed by atoms with Crippen molar-refractivity contribution in [2.45, 2.75) is 39.7 Å². The zero-order chi connectivity index (χ0) is 13.1. The summed E-state index contributed by atoms with van der Waals surface area (Å²) in [5, 5.41) is 0. The van der Waals surface area contributed by atoms with Crippen LogP contribution in [0.2, 0.25) is 0 Å². The summed E-state index contributed by atoms with van der Waals surface area (Å²) in [6, 6.07) is 0. The van der Waals surface area contributed by atoms with Gasteiger partial charge in [-0.25, -0.2) is 9.78 Å². The zero-order valence-electron chi connectivity index (χ0n) is 10.7. The van der Waals surface area contributed by atoms with Gasteiger partial charge >= 0.3 is 5.69 Å². The molecule has 2 heterocycles. The molecule has 2 N–H and O–H groups in total. The Balaban J connectivity index is 2.29. The molecule has 98 valence electrons. The summed E-state index contributed by atoms with van der Waals surface area (Å²) in [7, 11) is 0. The molecular formula is C12H18N4O2. The lowest BCUT2D eigenvalue weighted by Crippen LogP contribution is -2.22. The summed E-state index contributed by atoms with van der Waals surface area (Å²) >= 11 is 0. The van der Waals surface area contributed by atoms with E-state index in [0.717, 1.165) is 25.8 Å². The number of H-pyrrole nitrogens is 2. The minimum atomic E-state index is -0.489. The predicted molar refractivity (Wildman–Crippen MR) is 69.7 cm³/mol. The van der Waals surface area contributed by atoms with E-state index in [1.165, 1.54) is 0 Å². The maximum atomic E-state index is 11.5. The molecular weight excluding hydrogens is 232 g/mol. The zero-order valence-corrected chi connectivity index (χ0v) is 10.7. The molecule has 0 radical (unpaired) electrons. The average Bonchev–Trinajstić information content (AvgIpc) is 2.74. The number of fused-ring (bicyclic) bond motifs is 1. The highest BCUT2D eigenvalue weighted by Gasteiger charge is 2.09. The van der Waals surface area contributed by atoms with Gasteiger partial charge in [0.2, 0.25) is 0 Å². The van der Waals surface area contributed by atoms with Gasteiger partial charge in [-0.3, -0.25) is 14.8 Å². The largest absolute Gasteiger partial charge is 0.327 e. The van der Waals surface area contributed by atoms with Crippen molar-refractivity contribution >= 4 is 11.2 Å². The minimum absolute atomic E-state index is 0.291. The van der Waals surface area contributed by atoms with Crippen LogP contribution in [0.5, 0.6) is 0 Å². The normalized spacial score (nSPS) is 11.5. The molecule has 0 saturated heterocycles. The van der Waals surface area contributed by atoms with Crippen LogP contribution in [-0.4, -0.2) is 19.5 Å². The summed E-state index contributed by atoms with van der Waals surface area (Å²) in [5.74, 6) is 0.663. The van der Waals surface area contributed by atoms with E-state index >= 15 is 0 Å². The maximum absolute atomic E-state index is 11.5. The monoisotopic (exact) mass is 250 g/mol. The second kappa shape index (κ2) is 5.20. The average molecular weight is 250 g/mol. The van der Waals surface area contributed by atoms with Gasteiger partial charge in [-0.05, 0) is 12.3 Å². The standard InChI is InChI=1S/C12H18N4O2/c1-3-8(4-2)5-6-16-7-13-9-10(16)14-12(18)15-11(9)17/h7-8H,3-6H2,1-2H3,(H2,14,15,17,18). The molecule has 18 heavy (non-hydrogen) atoms. The smallest absolute Gasteiger partial charge is 0.317 e. The summed E-state index contributed by atoms with van der Waals surface area (Å²) in [4.78, 5) is 31.6. The number of nitrogens with one attached hydrogen (secondary N) is 2. The molecule has 0 aliphatic carbocycles. The number of hydrogen-bond donors (Lipinski definition) is 2. The molecule has 0 saturated carbocycles. The predicted octanol–water partition coefficient (Wildman–Crippen LogP) is 1.24. The Kier molecular flexibility index (Phi) is 3.64. The first kappa shape index (κ1) is 12.6. The van der Waals surface area contributed by atoms with E-state index in [1.807, 2.05) is 4.57 Å². The molecule has 0 aromatic carbocycles. The molecule has 6 heteroatoms. The van der Waals surface area contributed by atoms with Crippen LogP contribution in [0.1, 0.15) is 33.1 Å². The Labute approximate surface area is 104 Å². The lowest BCUT2D eigenvalue weighted by atomic mass is 10.00. The van der Waals surface area contributed by atoms with Crippen LogP contribution in [-0.2, 0) is 6.54 Å². The summed E-state index contributed by atoms with van der Waals surface area (Å²) in [5.41, 5.74) is -0.124. The van der Waals surface area contributed by atoms with Gasteiger partial charge in [0.1, 0.15) is 5.65 Å². The Morgan fingerprint density at radius 1 is 1.28 bits per heavy atom. The van der Waals surface area contributed by atoms with E-state index < -0.39 is 11.2 Å². The van der Waals surface area contributed by atoms with Crippen LogP contribution >= 0.6 is 0 Å². The highest BCUT2D eigenvalue weighted by Crippen LogP contribution is 2.14. The fourth-order valence-corrected chi connectivity index (χ4v) is 2.17. The number of aromatic amines is 2.